The first-order valence-electron chi connectivity index (χ1n) is 5.93. The maximum absolute atomic E-state index is 6.22. The Balaban J connectivity index is 3.27. The maximum Gasteiger partial charge on any atom is 0.122 e. The Morgan fingerprint density at radius 1 is 1.24 bits per heavy atom. The minimum Gasteiger partial charge on any atom is -0.496 e. The third-order valence-electron chi connectivity index (χ3n) is 3.34. The highest BCUT2D eigenvalue weighted by atomic mass is 16.5. The van der Waals surface area contributed by atoms with Gasteiger partial charge >= 0.3 is 0 Å². The number of methoxy groups -OCH3 is 1. The second kappa shape index (κ2) is 5.07. The van der Waals surface area contributed by atoms with E-state index < -0.39 is 0 Å². The van der Waals surface area contributed by atoms with Crippen molar-refractivity contribution in [3.63, 3.8) is 0 Å². The molecule has 3 nitrogen and oxygen atoms in total. The fraction of sp³-hybridized carbons (Fsp3) is 0.571. The van der Waals surface area contributed by atoms with Crippen molar-refractivity contribution in [2.75, 3.05) is 14.2 Å². The molecule has 1 atom stereocenters. The van der Waals surface area contributed by atoms with Crippen molar-refractivity contribution in [1.82, 2.24) is 5.32 Å². The first kappa shape index (κ1) is 14.0. The van der Waals surface area contributed by atoms with Gasteiger partial charge in [-0.1, -0.05) is 6.07 Å². The topological polar surface area (TPSA) is 47.3 Å². The van der Waals surface area contributed by atoms with Gasteiger partial charge in [-0.25, -0.2) is 0 Å². The second-order valence-electron chi connectivity index (χ2n) is 5.15. The van der Waals surface area contributed by atoms with Crippen LogP contribution in [0, 0.1) is 13.8 Å². The largest absolute Gasteiger partial charge is 0.496 e. The summed E-state index contributed by atoms with van der Waals surface area (Å²) in [6.45, 7) is 8.26. The van der Waals surface area contributed by atoms with Crippen LogP contribution in [0.5, 0.6) is 5.75 Å². The summed E-state index contributed by atoms with van der Waals surface area (Å²) in [4.78, 5) is 0. The average Bonchev–Trinajstić information content (AvgIpc) is 2.23. The van der Waals surface area contributed by atoms with Crippen LogP contribution in [0.25, 0.3) is 0 Å². The van der Waals surface area contributed by atoms with Crippen LogP contribution in [0.15, 0.2) is 12.1 Å². The Hall–Kier alpha value is -1.06. The lowest BCUT2D eigenvalue weighted by Crippen LogP contribution is -2.45. The zero-order chi connectivity index (χ0) is 13.2. The molecule has 17 heavy (non-hydrogen) atoms. The molecule has 0 aliphatic rings. The normalized spacial score (nSPS) is 13.6. The molecular weight excluding hydrogens is 212 g/mol. The molecule has 0 saturated carbocycles. The molecule has 0 fully saturated rings. The monoisotopic (exact) mass is 236 g/mol. The van der Waals surface area contributed by atoms with Crippen molar-refractivity contribution in [2.24, 2.45) is 5.73 Å². The van der Waals surface area contributed by atoms with Gasteiger partial charge in [-0.15, -0.1) is 0 Å². The van der Waals surface area contributed by atoms with E-state index in [0.717, 1.165) is 5.75 Å². The number of nitrogens with two attached hydrogens (primary N) is 1. The Bertz CT molecular complexity index is 394. The van der Waals surface area contributed by atoms with Gasteiger partial charge in [0.05, 0.1) is 7.11 Å². The van der Waals surface area contributed by atoms with E-state index in [1.54, 1.807) is 7.11 Å². The maximum atomic E-state index is 6.22. The minimum atomic E-state index is -0.305. The van der Waals surface area contributed by atoms with Gasteiger partial charge < -0.3 is 15.8 Å². The zero-order valence-electron chi connectivity index (χ0n) is 11.7. The van der Waals surface area contributed by atoms with Gasteiger partial charge in [0.25, 0.3) is 0 Å². The van der Waals surface area contributed by atoms with E-state index in [1.807, 2.05) is 27.0 Å². The zero-order valence-corrected chi connectivity index (χ0v) is 11.7. The lowest BCUT2D eigenvalue weighted by atomic mass is 9.86. The van der Waals surface area contributed by atoms with Crippen molar-refractivity contribution in [1.29, 1.82) is 0 Å². The number of hydrogen-bond acceptors (Lipinski definition) is 3. The Morgan fingerprint density at radius 2 is 1.82 bits per heavy atom. The fourth-order valence-electron chi connectivity index (χ4n) is 2.28. The highest BCUT2D eigenvalue weighted by molar-refractivity contribution is 5.45. The highest BCUT2D eigenvalue weighted by Crippen LogP contribution is 2.31. The molecular formula is C14H24N2O. The van der Waals surface area contributed by atoms with Crippen LogP contribution in [-0.4, -0.2) is 19.7 Å². The first-order chi connectivity index (χ1) is 7.82. The summed E-state index contributed by atoms with van der Waals surface area (Å²) in [5.41, 5.74) is 9.56. The molecule has 3 N–H and O–H groups in total. The molecule has 96 valence electrons. The molecule has 0 saturated heterocycles. The molecule has 1 unspecified atom stereocenters. The van der Waals surface area contributed by atoms with Gasteiger partial charge in [0, 0.05) is 11.6 Å². The van der Waals surface area contributed by atoms with Gasteiger partial charge in [-0.2, -0.15) is 0 Å². The van der Waals surface area contributed by atoms with E-state index in [2.05, 4.69) is 25.2 Å². The third kappa shape index (κ3) is 2.79. The second-order valence-corrected chi connectivity index (χ2v) is 5.15. The van der Waals surface area contributed by atoms with E-state index in [9.17, 15) is 0 Å². The van der Waals surface area contributed by atoms with Gasteiger partial charge in [0.2, 0.25) is 0 Å². The summed E-state index contributed by atoms with van der Waals surface area (Å²) in [6, 6.07) is 4.23. The number of benzene rings is 1. The Morgan fingerprint density at radius 3 is 2.24 bits per heavy atom. The SMILES string of the molecule is CNC(c1ccc(OC)c(C)c1C)C(C)(C)N. The van der Waals surface area contributed by atoms with Gasteiger partial charge in [-0.05, 0) is 57.5 Å². The predicted octanol–water partition coefficient (Wildman–Crippen LogP) is 2.31. The molecule has 0 aliphatic heterocycles. The molecule has 0 radical (unpaired) electrons. The molecule has 0 amide bonds. The van der Waals surface area contributed by atoms with Crippen LogP contribution in [-0.2, 0) is 0 Å². The summed E-state index contributed by atoms with van der Waals surface area (Å²) in [5, 5.41) is 3.30. The molecule has 1 aromatic carbocycles. The molecule has 0 bridgehead atoms. The van der Waals surface area contributed by atoms with E-state index in [1.165, 1.54) is 16.7 Å². The van der Waals surface area contributed by atoms with Crippen molar-refractivity contribution < 1.29 is 4.74 Å². The highest BCUT2D eigenvalue weighted by Gasteiger charge is 2.27. The van der Waals surface area contributed by atoms with E-state index >= 15 is 0 Å². The molecule has 0 aromatic heterocycles. The van der Waals surface area contributed by atoms with Crippen molar-refractivity contribution >= 4 is 0 Å². The predicted molar refractivity (Wildman–Crippen MR) is 72.5 cm³/mol. The third-order valence-corrected chi connectivity index (χ3v) is 3.34. The number of rotatable bonds is 4. The van der Waals surface area contributed by atoms with E-state index in [4.69, 9.17) is 10.5 Å². The van der Waals surface area contributed by atoms with Crippen LogP contribution < -0.4 is 15.8 Å². The summed E-state index contributed by atoms with van der Waals surface area (Å²) in [6.07, 6.45) is 0. The van der Waals surface area contributed by atoms with Crippen LogP contribution in [0.1, 0.15) is 36.6 Å². The number of ether oxygens (including phenoxy) is 1. The summed E-state index contributed by atoms with van der Waals surface area (Å²) in [7, 11) is 3.64. The van der Waals surface area contributed by atoms with E-state index in [-0.39, 0.29) is 11.6 Å². The van der Waals surface area contributed by atoms with Crippen LogP contribution in [0.3, 0.4) is 0 Å². The summed E-state index contributed by atoms with van der Waals surface area (Å²) in [5.74, 6) is 0.927. The average molecular weight is 236 g/mol. The number of nitrogens with one attached hydrogen (secondary N) is 1. The fourth-order valence-corrected chi connectivity index (χ4v) is 2.28. The number of likely N-dealkylation sites (N-methyl/N-ethyl adjacent to an activating group) is 1. The molecule has 0 aliphatic carbocycles. The smallest absolute Gasteiger partial charge is 0.122 e. The lowest BCUT2D eigenvalue weighted by molar-refractivity contribution is 0.367. The summed E-state index contributed by atoms with van der Waals surface area (Å²) >= 11 is 0. The molecule has 1 rings (SSSR count). The standard InChI is InChI=1S/C14H24N2O/c1-9-10(2)12(17-6)8-7-11(9)13(16-5)14(3,4)15/h7-8,13,16H,15H2,1-6H3. The molecule has 0 spiro atoms. The molecule has 1 aromatic rings. The van der Waals surface area contributed by atoms with E-state index in [0.29, 0.717) is 0 Å². The summed E-state index contributed by atoms with van der Waals surface area (Å²) < 4.78 is 5.33. The first-order valence-corrected chi connectivity index (χ1v) is 5.93. The van der Waals surface area contributed by atoms with Crippen molar-refractivity contribution in [2.45, 2.75) is 39.3 Å². The van der Waals surface area contributed by atoms with Gasteiger partial charge in [0.1, 0.15) is 5.75 Å². The van der Waals surface area contributed by atoms with Gasteiger partial charge in [-0.3, -0.25) is 0 Å². The quantitative estimate of drug-likeness (QED) is 0.843. The van der Waals surface area contributed by atoms with Crippen molar-refractivity contribution in [3.05, 3.63) is 28.8 Å². The molecule has 0 heterocycles. The lowest BCUT2D eigenvalue weighted by Gasteiger charge is -2.32. The Labute approximate surface area is 104 Å². The van der Waals surface area contributed by atoms with Gasteiger partial charge in [0.15, 0.2) is 0 Å². The molecule has 3 heteroatoms. The minimum absolute atomic E-state index is 0.132. The Kier molecular flexibility index (Phi) is 4.17. The van der Waals surface area contributed by atoms with Crippen molar-refractivity contribution in [3.8, 4) is 5.75 Å². The van der Waals surface area contributed by atoms with Crippen LogP contribution >= 0.6 is 0 Å². The van der Waals surface area contributed by atoms with Crippen LogP contribution in [0.2, 0.25) is 0 Å². The number of hydrogen-bond donors (Lipinski definition) is 2. The van der Waals surface area contributed by atoms with Crippen LogP contribution in [0.4, 0.5) is 0 Å².